The van der Waals surface area contributed by atoms with E-state index >= 15 is 0 Å². The molecule has 108 valence electrons. The Morgan fingerprint density at radius 3 is 2.80 bits per heavy atom. The summed E-state index contributed by atoms with van der Waals surface area (Å²) >= 11 is 0. The SMILES string of the molecule is CCCOCCCNc1nc(NC)nc2ccccc12. The smallest absolute Gasteiger partial charge is 0.224 e. The zero-order valence-corrected chi connectivity index (χ0v) is 12.1. The van der Waals surface area contributed by atoms with Gasteiger partial charge in [0.2, 0.25) is 5.95 Å². The second-order valence-corrected chi connectivity index (χ2v) is 4.56. The predicted molar refractivity (Wildman–Crippen MR) is 83.3 cm³/mol. The number of anilines is 2. The number of hydrogen-bond acceptors (Lipinski definition) is 5. The van der Waals surface area contributed by atoms with Crippen LogP contribution in [0.25, 0.3) is 10.9 Å². The van der Waals surface area contributed by atoms with Gasteiger partial charge in [0.15, 0.2) is 0 Å². The minimum Gasteiger partial charge on any atom is -0.381 e. The molecule has 2 aromatic rings. The molecule has 20 heavy (non-hydrogen) atoms. The van der Waals surface area contributed by atoms with Crippen molar-refractivity contribution in [2.45, 2.75) is 19.8 Å². The summed E-state index contributed by atoms with van der Waals surface area (Å²) in [5.41, 5.74) is 0.941. The van der Waals surface area contributed by atoms with Gasteiger partial charge in [0.1, 0.15) is 5.82 Å². The van der Waals surface area contributed by atoms with Crippen LogP contribution in [-0.2, 0) is 4.74 Å². The van der Waals surface area contributed by atoms with E-state index in [1.54, 1.807) is 0 Å². The maximum absolute atomic E-state index is 5.47. The van der Waals surface area contributed by atoms with Crippen LogP contribution in [0.5, 0.6) is 0 Å². The van der Waals surface area contributed by atoms with E-state index in [9.17, 15) is 0 Å². The highest BCUT2D eigenvalue weighted by Crippen LogP contribution is 2.21. The molecule has 1 aromatic heterocycles. The van der Waals surface area contributed by atoms with E-state index in [4.69, 9.17) is 4.74 Å². The van der Waals surface area contributed by atoms with Crippen molar-refractivity contribution < 1.29 is 4.74 Å². The van der Waals surface area contributed by atoms with Crippen LogP contribution in [0.3, 0.4) is 0 Å². The highest BCUT2D eigenvalue weighted by molar-refractivity contribution is 5.89. The number of nitrogens with one attached hydrogen (secondary N) is 2. The lowest BCUT2D eigenvalue weighted by atomic mass is 10.2. The van der Waals surface area contributed by atoms with E-state index in [-0.39, 0.29) is 0 Å². The lowest BCUT2D eigenvalue weighted by Crippen LogP contribution is -2.09. The standard InChI is InChI=1S/C15H22N4O/c1-3-10-20-11-6-9-17-14-12-7-4-5-8-13(12)18-15(16-2)19-14/h4-5,7-8H,3,6,9-11H2,1-2H3,(H2,16,17,18,19). The van der Waals surface area contributed by atoms with Gasteiger partial charge in [-0.25, -0.2) is 4.98 Å². The van der Waals surface area contributed by atoms with E-state index < -0.39 is 0 Å². The first kappa shape index (κ1) is 14.5. The van der Waals surface area contributed by atoms with Crippen LogP contribution in [0.15, 0.2) is 24.3 Å². The van der Waals surface area contributed by atoms with Gasteiger partial charge >= 0.3 is 0 Å². The Balaban J connectivity index is 2.01. The third kappa shape index (κ3) is 3.81. The number of nitrogens with zero attached hydrogens (tertiary/aromatic N) is 2. The molecule has 0 atom stereocenters. The quantitative estimate of drug-likeness (QED) is 0.725. The molecule has 2 rings (SSSR count). The average molecular weight is 274 g/mol. The molecule has 0 saturated carbocycles. The molecule has 1 heterocycles. The summed E-state index contributed by atoms with van der Waals surface area (Å²) in [6.07, 6.45) is 2.03. The van der Waals surface area contributed by atoms with Crippen LogP contribution in [0.4, 0.5) is 11.8 Å². The lowest BCUT2D eigenvalue weighted by Gasteiger charge is -2.10. The molecule has 0 spiro atoms. The van der Waals surface area contributed by atoms with Crippen LogP contribution in [0.1, 0.15) is 19.8 Å². The van der Waals surface area contributed by atoms with E-state index in [2.05, 4.69) is 27.5 Å². The number of rotatable bonds is 8. The predicted octanol–water partition coefficient (Wildman–Crippen LogP) is 2.90. The second kappa shape index (κ2) is 7.65. The molecule has 0 fully saturated rings. The van der Waals surface area contributed by atoms with Crippen LogP contribution in [0.2, 0.25) is 0 Å². The first-order valence-electron chi connectivity index (χ1n) is 7.11. The van der Waals surface area contributed by atoms with Crippen molar-refractivity contribution in [1.82, 2.24) is 9.97 Å². The molecule has 5 nitrogen and oxygen atoms in total. The first-order valence-corrected chi connectivity index (χ1v) is 7.11. The topological polar surface area (TPSA) is 59.1 Å². The minimum absolute atomic E-state index is 0.633. The van der Waals surface area contributed by atoms with E-state index in [1.807, 2.05) is 31.3 Å². The molecular formula is C15H22N4O. The van der Waals surface area contributed by atoms with Crippen LogP contribution in [0, 0.1) is 0 Å². The Kier molecular flexibility index (Phi) is 5.55. The zero-order chi connectivity index (χ0) is 14.2. The summed E-state index contributed by atoms with van der Waals surface area (Å²) in [6.45, 7) is 4.57. The highest BCUT2D eigenvalue weighted by atomic mass is 16.5. The Labute approximate surface area is 119 Å². The van der Waals surface area contributed by atoms with Gasteiger partial charge in [0, 0.05) is 32.2 Å². The summed E-state index contributed by atoms with van der Waals surface area (Å²) in [7, 11) is 1.83. The number of benzene rings is 1. The summed E-state index contributed by atoms with van der Waals surface area (Å²) in [6, 6.07) is 8.01. The Bertz CT molecular complexity index is 544. The van der Waals surface area contributed by atoms with E-state index in [0.29, 0.717) is 5.95 Å². The van der Waals surface area contributed by atoms with Gasteiger partial charge in [0.25, 0.3) is 0 Å². The van der Waals surface area contributed by atoms with Crippen molar-refractivity contribution >= 4 is 22.7 Å². The first-order chi connectivity index (χ1) is 9.85. The normalized spacial score (nSPS) is 10.7. The number of para-hydroxylation sites is 1. The van der Waals surface area contributed by atoms with Crippen LogP contribution < -0.4 is 10.6 Å². The van der Waals surface area contributed by atoms with Gasteiger partial charge in [-0.15, -0.1) is 0 Å². The number of ether oxygens (including phenoxy) is 1. The lowest BCUT2D eigenvalue weighted by molar-refractivity contribution is 0.134. The van der Waals surface area contributed by atoms with E-state index in [1.165, 1.54) is 0 Å². The Morgan fingerprint density at radius 2 is 2.00 bits per heavy atom. The molecule has 2 N–H and O–H groups in total. The number of fused-ring (bicyclic) bond motifs is 1. The molecular weight excluding hydrogens is 252 g/mol. The van der Waals surface area contributed by atoms with Crippen LogP contribution >= 0.6 is 0 Å². The molecule has 0 aliphatic carbocycles. The van der Waals surface area contributed by atoms with Crippen molar-refractivity contribution in [2.75, 3.05) is 37.4 Å². The maximum atomic E-state index is 5.47. The van der Waals surface area contributed by atoms with E-state index in [0.717, 1.165) is 49.3 Å². The van der Waals surface area contributed by atoms with Gasteiger partial charge in [-0.1, -0.05) is 19.1 Å². The summed E-state index contributed by atoms with van der Waals surface area (Å²) in [4.78, 5) is 8.92. The largest absolute Gasteiger partial charge is 0.381 e. The monoisotopic (exact) mass is 274 g/mol. The molecule has 1 aromatic carbocycles. The molecule has 0 aliphatic heterocycles. The third-order valence-electron chi connectivity index (χ3n) is 2.93. The zero-order valence-electron chi connectivity index (χ0n) is 12.1. The second-order valence-electron chi connectivity index (χ2n) is 4.56. The fraction of sp³-hybridized carbons (Fsp3) is 0.467. The molecule has 0 aliphatic rings. The maximum Gasteiger partial charge on any atom is 0.224 e. The van der Waals surface area contributed by atoms with Crippen molar-refractivity contribution in [3.05, 3.63) is 24.3 Å². The third-order valence-corrected chi connectivity index (χ3v) is 2.93. The minimum atomic E-state index is 0.633. The fourth-order valence-electron chi connectivity index (χ4n) is 1.95. The van der Waals surface area contributed by atoms with Crippen LogP contribution in [-0.4, -0.2) is 36.8 Å². The molecule has 0 saturated heterocycles. The molecule has 0 bridgehead atoms. The van der Waals surface area contributed by atoms with Gasteiger partial charge in [-0.2, -0.15) is 4.98 Å². The Hall–Kier alpha value is -1.88. The average Bonchev–Trinajstić information content (AvgIpc) is 2.50. The number of aromatic nitrogens is 2. The van der Waals surface area contributed by atoms with Gasteiger partial charge in [-0.05, 0) is 25.0 Å². The van der Waals surface area contributed by atoms with Crippen molar-refractivity contribution in [2.24, 2.45) is 0 Å². The molecule has 0 amide bonds. The van der Waals surface area contributed by atoms with Crippen molar-refractivity contribution in [1.29, 1.82) is 0 Å². The molecule has 0 unspecified atom stereocenters. The highest BCUT2D eigenvalue weighted by Gasteiger charge is 2.05. The fourth-order valence-corrected chi connectivity index (χ4v) is 1.95. The van der Waals surface area contributed by atoms with Gasteiger partial charge in [-0.3, -0.25) is 0 Å². The van der Waals surface area contributed by atoms with Crippen molar-refractivity contribution in [3.63, 3.8) is 0 Å². The summed E-state index contributed by atoms with van der Waals surface area (Å²) in [5, 5.41) is 7.40. The molecule has 0 radical (unpaired) electrons. The summed E-state index contributed by atoms with van der Waals surface area (Å²) in [5.74, 6) is 1.50. The summed E-state index contributed by atoms with van der Waals surface area (Å²) < 4.78 is 5.47. The molecule has 5 heteroatoms. The van der Waals surface area contributed by atoms with Gasteiger partial charge < -0.3 is 15.4 Å². The van der Waals surface area contributed by atoms with Crippen molar-refractivity contribution in [3.8, 4) is 0 Å². The number of hydrogen-bond donors (Lipinski definition) is 2. The Morgan fingerprint density at radius 1 is 1.15 bits per heavy atom. The van der Waals surface area contributed by atoms with Gasteiger partial charge in [0.05, 0.1) is 5.52 Å².